The summed E-state index contributed by atoms with van der Waals surface area (Å²) < 4.78 is 0. The van der Waals surface area contributed by atoms with Gasteiger partial charge in [-0.1, -0.05) is 0 Å². The number of fused-ring (bicyclic) bond motifs is 1. The van der Waals surface area contributed by atoms with Crippen molar-refractivity contribution in [2.45, 2.75) is 25.3 Å². The third-order valence-corrected chi connectivity index (χ3v) is 3.53. The lowest BCUT2D eigenvalue weighted by molar-refractivity contribution is -0.135. The Morgan fingerprint density at radius 3 is 2.72 bits per heavy atom. The van der Waals surface area contributed by atoms with Crippen LogP contribution in [0.15, 0.2) is 18.7 Å². The molecular formula is C12H14N4O2. The molecule has 0 saturated carbocycles. The largest absolute Gasteiger partial charge is 0.331 e. The quantitative estimate of drug-likeness (QED) is 0.710. The van der Waals surface area contributed by atoms with Crippen molar-refractivity contribution in [3.63, 3.8) is 0 Å². The SMILES string of the molecule is O=C1C2CCCN2C(=O)CCN1c1cncnc1. The van der Waals surface area contributed by atoms with Crippen LogP contribution in [-0.4, -0.2) is 45.8 Å². The van der Waals surface area contributed by atoms with Gasteiger partial charge in [-0.2, -0.15) is 0 Å². The minimum absolute atomic E-state index is 0.00634. The van der Waals surface area contributed by atoms with E-state index in [1.54, 1.807) is 22.2 Å². The molecule has 0 N–H and O–H groups in total. The molecule has 2 aliphatic heterocycles. The molecule has 2 aliphatic rings. The average molecular weight is 246 g/mol. The first-order valence-corrected chi connectivity index (χ1v) is 6.13. The van der Waals surface area contributed by atoms with Crippen LogP contribution in [0.4, 0.5) is 5.69 Å². The number of hydrogen-bond donors (Lipinski definition) is 0. The monoisotopic (exact) mass is 246 g/mol. The Morgan fingerprint density at radius 2 is 1.94 bits per heavy atom. The maximum Gasteiger partial charge on any atom is 0.249 e. The summed E-state index contributed by atoms with van der Waals surface area (Å²) in [6.45, 7) is 1.12. The number of aromatic nitrogens is 2. The van der Waals surface area contributed by atoms with Gasteiger partial charge >= 0.3 is 0 Å². The Kier molecular flexibility index (Phi) is 2.70. The molecule has 0 radical (unpaired) electrons. The molecule has 18 heavy (non-hydrogen) atoms. The Morgan fingerprint density at radius 1 is 1.17 bits per heavy atom. The minimum atomic E-state index is -0.291. The van der Waals surface area contributed by atoms with Crippen LogP contribution in [0.3, 0.4) is 0 Å². The molecule has 1 unspecified atom stereocenters. The molecule has 3 heterocycles. The maximum absolute atomic E-state index is 12.4. The van der Waals surface area contributed by atoms with E-state index in [0.717, 1.165) is 12.8 Å². The second-order valence-electron chi connectivity index (χ2n) is 4.58. The van der Waals surface area contributed by atoms with Crippen LogP contribution in [0, 0.1) is 0 Å². The third kappa shape index (κ3) is 1.73. The van der Waals surface area contributed by atoms with Gasteiger partial charge in [0.2, 0.25) is 11.8 Å². The van der Waals surface area contributed by atoms with Crippen molar-refractivity contribution in [3.05, 3.63) is 18.7 Å². The second-order valence-corrected chi connectivity index (χ2v) is 4.58. The standard InChI is InChI=1S/C12H14N4O2/c17-11-3-5-15(9-6-13-8-14-7-9)12(18)10-2-1-4-16(10)11/h6-8,10H,1-5H2. The highest BCUT2D eigenvalue weighted by Gasteiger charge is 2.39. The van der Waals surface area contributed by atoms with Gasteiger partial charge in [0.15, 0.2) is 0 Å². The summed E-state index contributed by atoms with van der Waals surface area (Å²) >= 11 is 0. The van der Waals surface area contributed by atoms with Crippen LogP contribution in [0.25, 0.3) is 0 Å². The van der Waals surface area contributed by atoms with Gasteiger partial charge in [0.1, 0.15) is 12.4 Å². The lowest BCUT2D eigenvalue weighted by atomic mass is 10.2. The summed E-state index contributed by atoms with van der Waals surface area (Å²) in [7, 11) is 0. The van der Waals surface area contributed by atoms with Crippen LogP contribution in [0.5, 0.6) is 0 Å². The molecule has 2 amide bonds. The zero-order chi connectivity index (χ0) is 12.5. The fourth-order valence-electron chi connectivity index (χ4n) is 2.65. The number of amides is 2. The second kappa shape index (κ2) is 4.36. The fourth-order valence-corrected chi connectivity index (χ4v) is 2.65. The highest BCUT2D eigenvalue weighted by Crippen LogP contribution is 2.25. The van der Waals surface area contributed by atoms with E-state index in [-0.39, 0.29) is 17.9 Å². The molecule has 0 aromatic carbocycles. The summed E-state index contributed by atoms with van der Waals surface area (Å²) in [6.07, 6.45) is 6.69. The fraction of sp³-hybridized carbons (Fsp3) is 0.500. The van der Waals surface area contributed by atoms with Crippen LogP contribution in [0.2, 0.25) is 0 Å². The third-order valence-electron chi connectivity index (χ3n) is 3.53. The first-order chi connectivity index (χ1) is 8.77. The maximum atomic E-state index is 12.4. The number of carbonyl (C=O) groups excluding carboxylic acids is 2. The Hall–Kier alpha value is -1.98. The summed E-state index contributed by atoms with van der Waals surface area (Å²) in [5, 5.41) is 0. The van der Waals surface area contributed by atoms with Gasteiger partial charge in [-0.05, 0) is 12.8 Å². The molecular weight excluding hydrogens is 232 g/mol. The summed E-state index contributed by atoms with van der Waals surface area (Å²) in [6, 6.07) is -0.291. The Balaban J connectivity index is 1.92. The number of anilines is 1. The summed E-state index contributed by atoms with van der Waals surface area (Å²) in [5.41, 5.74) is 0.670. The Labute approximate surface area is 105 Å². The molecule has 3 rings (SSSR count). The van der Waals surface area contributed by atoms with Crippen molar-refractivity contribution in [2.75, 3.05) is 18.0 Å². The minimum Gasteiger partial charge on any atom is -0.331 e. The number of carbonyl (C=O) groups is 2. The predicted octanol–water partition coefficient (Wildman–Crippen LogP) is 0.204. The highest BCUT2D eigenvalue weighted by atomic mass is 16.2. The van der Waals surface area contributed by atoms with E-state index in [1.807, 2.05) is 0 Å². The van der Waals surface area contributed by atoms with Crippen molar-refractivity contribution >= 4 is 17.5 Å². The molecule has 6 heteroatoms. The molecule has 0 aliphatic carbocycles. The molecule has 2 saturated heterocycles. The van der Waals surface area contributed by atoms with E-state index in [9.17, 15) is 9.59 Å². The average Bonchev–Trinajstić information content (AvgIpc) is 2.85. The summed E-state index contributed by atoms with van der Waals surface area (Å²) in [5.74, 6) is 0.0679. The van der Waals surface area contributed by atoms with Gasteiger partial charge < -0.3 is 9.80 Å². The first-order valence-electron chi connectivity index (χ1n) is 6.13. The highest BCUT2D eigenvalue weighted by molar-refractivity contribution is 6.01. The van der Waals surface area contributed by atoms with Crippen LogP contribution in [0.1, 0.15) is 19.3 Å². The molecule has 1 aromatic rings. The van der Waals surface area contributed by atoms with Gasteiger partial charge in [-0.25, -0.2) is 9.97 Å². The molecule has 1 atom stereocenters. The summed E-state index contributed by atoms with van der Waals surface area (Å²) in [4.78, 5) is 35.6. The van der Waals surface area contributed by atoms with Gasteiger partial charge in [0.05, 0.1) is 18.1 Å². The topological polar surface area (TPSA) is 66.4 Å². The van der Waals surface area contributed by atoms with E-state index < -0.39 is 0 Å². The molecule has 94 valence electrons. The van der Waals surface area contributed by atoms with Gasteiger partial charge in [0, 0.05) is 19.5 Å². The zero-order valence-electron chi connectivity index (χ0n) is 9.95. The molecule has 0 spiro atoms. The predicted molar refractivity (Wildman–Crippen MR) is 63.7 cm³/mol. The zero-order valence-corrected chi connectivity index (χ0v) is 9.95. The lowest BCUT2D eigenvalue weighted by Crippen LogP contribution is -2.43. The van der Waals surface area contributed by atoms with Crippen molar-refractivity contribution in [3.8, 4) is 0 Å². The molecule has 2 fully saturated rings. The van der Waals surface area contributed by atoms with E-state index in [2.05, 4.69) is 9.97 Å². The number of rotatable bonds is 1. The van der Waals surface area contributed by atoms with Crippen molar-refractivity contribution in [1.82, 2.24) is 14.9 Å². The first kappa shape index (κ1) is 11.1. The van der Waals surface area contributed by atoms with Gasteiger partial charge in [-0.3, -0.25) is 9.59 Å². The van der Waals surface area contributed by atoms with Crippen LogP contribution >= 0.6 is 0 Å². The van der Waals surface area contributed by atoms with E-state index in [1.165, 1.54) is 6.33 Å². The van der Waals surface area contributed by atoms with Crippen molar-refractivity contribution in [2.24, 2.45) is 0 Å². The number of nitrogens with zero attached hydrogens (tertiary/aromatic N) is 4. The van der Waals surface area contributed by atoms with Crippen molar-refractivity contribution < 1.29 is 9.59 Å². The normalized spacial score (nSPS) is 24.1. The van der Waals surface area contributed by atoms with E-state index >= 15 is 0 Å². The lowest BCUT2D eigenvalue weighted by Gasteiger charge is -2.24. The molecule has 6 nitrogen and oxygen atoms in total. The van der Waals surface area contributed by atoms with E-state index in [4.69, 9.17) is 0 Å². The van der Waals surface area contributed by atoms with Crippen molar-refractivity contribution in [1.29, 1.82) is 0 Å². The van der Waals surface area contributed by atoms with Gasteiger partial charge in [-0.15, -0.1) is 0 Å². The molecule has 1 aromatic heterocycles. The van der Waals surface area contributed by atoms with Crippen LogP contribution in [-0.2, 0) is 9.59 Å². The number of hydrogen-bond acceptors (Lipinski definition) is 4. The van der Waals surface area contributed by atoms with Gasteiger partial charge in [0.25, 0.3) is 0 Å². The van der Waals surface area contributed by atoms with Crippen LogP contribution < -0.4 is 4.90 Å². The molecule has 0 bridgehead atoms. The van der Waals surface area contributed by atoms with E-state index in [0.29, 0.717) is 25.2 Å². The smallest absolute Gasteiger partial charge is 0.249 e. The Bertz CT molecular complexity index is 476.